The van der Waals surface area contributed by atoms with Crippen molar-refractivity contribution < 1.29 is 19.0 Å². The maximum atomic E-state index is 14.0. The summed E-state index contributed by atoms with van der Waals surface area (Å²) in [5.41, 5.74) is 3.02. The second-order valence-corrected chi connectivity index (χ2v) is 9.00. The number of nitrogens with zero attached hydrogens (tertiary/aromatic N) is 3. The molecule has 3 heterocycles. The lowest BCUT2D eigenvalue weighted by molar-refractivity contribution is 0.0851. The van der Waals surface area contributed by atoms with Gasteiger partial charge >= 0.3 is 0 Å². The van der Waals surface area contributed by atoms with Gasteiger partial charge in [0.15, 0.2) is 0 Å². The molecule has 0 radical (unpaired) electrons. The molecule has 3 atom stereocenters. The molecule has 5 rings (SSSR count). The number of amides is 1. The van der Waals surface area contributed by atoms with Gasteiger partial charge < -0.3 is 20.1 Å². The van der Waals surface area contributed by atoms with E-state index in [4.69, 9.17) is 4.74 Å². The lowest BCUT2D eigenvalue weighted by atomic mass is 9.93. The monoisotopic (exact) mass is 452 g/mol. The Balaban J connectivity index is 1.43. The summed E-state index contributed by atoms with van der Waals surface area (Å²) in [6, 6.07) is 8.55. The molecule has 3 aromatic rings. The van der Waals surface area contributed by atoms with Gasteiger partial charge in [0, 0.05) is 30.0 Å². The number of halogens is 1. The van der Waals surface area contributed by atoms with E-state index in [2.05, 4.69) is 15.3 Å². The molecule has 2 aliphatic rings. The van der Waals surface area contributed by atoms with Crippen LogP contribution in [-0.4, -0.2) is 46.4 Å². The maximum absolute atomic E-state index is 14.0. The second-order valence-electron chi connectivity index (χ2n) is 9.00. The van der Waals surface area contributed by atoms with Crippen molar-refractivity contribution >= 4 is 17.1 Å². The third-order valence-electron chi connectivity index (χ3n) is 6.87. The SMILES string of the molecule is COc1ccc(F)cc1C1CCCN1c1ccn2ncc(C(=O)NC3CCCC(O)C3)c2c1. The van der Waals surface area contributed by atoms with E-state index in [9.17, 15) is 14.3 Å². The van der Waals surface area contributed by atoms with E-state index in [1.54, 1.807) is 30.0 Å². The zero-order valence-electron chi connectivity index (χ0n) is 18.7. The molecule has 0 spiro atoms. The van der Waals surface area contributed by atoms with Crippen LogP contribution < -0.4 is 15.0 Å². The first-order chi connectivity index (χ1) is 16.0. The number of carbonyl (C=O) groups is 1. The van der Waals surface area contributed by atoms with Crippen molar-refractivity contribution in [2.45, 2.75) is 56.7 Å². The van der Waals surface area contributed by atoms with Gasteiger partial charge in [0.1, 0.15) is 11.6 Å². The Labute approximate surface area is 192 Å². The minimum atomic E-state index is -0.355. The van der Waals surface area contributed by atoms with E-state index in [0.29, 0.717) is 17.7 Å². The third-order valence-corrected chi connectivity index (χ3v) is 6.87. The Morgan fingerprint density at radius 3 is 2.91 bits per heavy atom. The van der Waals surface area contributed by atoms with Gasteiger partial charge in [-0.15, -0.1) is 0 Å². The quantitative estimate of drug-likeness (QED) is 0.615. The Bertz CT molecular complexity index is 1160. The highest BCUT2D eigenvalue weighted by molar-refractivity contribution is 6.01. The van der Waals surface area contributed by atoms with Crippen LogP contribution in [0.25, 0.3) is 5.52 Å². The average molecular weight is 453 g/mol. The lowest BCUT2D eigenvalue weighted by Gasteiger charge is -2.28. The number of rotatable bonds is 5. The molecule has 0 bridgehead atoms. The molecule has 174 valence electrons. The molecular weight excluding hydrogens is 423 g/mol. The fraction of sp³-hybridized carbons (Fsp3) is 0.440. The molecule has 3 unspecified atom stereocenters. The van der Waals surface area contributed by atoms with Crippen LogP contribution in [0, 0.1) is 5.82 Å². The van der Waals surface area contributed by atoms with Crippen molar-refractivity contribution in [2.24, 2.45) is 0 Å². The second kappa shape index (κ2) is 9.02. The lowest BCUT2D eigenvalue weighted by Crippen LogP contribution is -2.39. The number of hydrogen-bond donors (Lipinski definition) is 2. The molecule has 1 amide bonds. The van der Waals surface area contributed by atoms with Crippen molar-refractivity contribution in [3.05, 3.63) is 59.7 Å². The molecule has 2 aromatic heterocycles. The van der Waals surface area contributed by atoms with E-state index >= 15 is 0 Å². The molecule has 1 aromatic carbocycles. The van der Waals surface area contributed by atoms with Crippen LogP contribution in [0.4, 0.5) is 10.1 Å². The summed E-state index contributed by atoms with van der Waals surface area (Å²) >= 11 is 0. The van der Waals surface area contributed by atoms with Gasteiger partial charge in [0.2, 0.25) is 0 Å². The molecule has 8 heteroatoms. The Kier molecular flexibility index (Phi) is 5.93. The number of pyridine rings is 1. The van der Waals surface area contributed by atoms with Crippen molar-refractivity contribution in [1.29, 1.82) is 0 Å². The van der Waals surface area contributed by atoms with E-state index in [-0.39, 0.29) is 29.9 Å². The molecule has 33 heavy (non-hydrogen) atoms. The van der Waals surface area contributed by atoms with Crippen LogP contribution in [0.2, 0.25) is 0 Å². The number of methoxy groups -OCH3 is 1. The first-order valence-corrected chi connectivity index (χ1v) is 11.6. The smallest absolute Gasteiger partial charge is 0.255 e. The van der Waals surface area contributed by atoms with Gasteiger partial charge in [-0.2, -0.15) is 5.10 Å². The largest absolute Gasteiger partial charge is 0.496 e. The first kappa shape index (κ1) is 21.7. The molecule has 1 saturated carbocycles. The summed E-state index contributed by atoms with van der Waals surface area (Å²) < 4.78 is 21.2. The summed E-state index contributed by atoms with van der Waals surface area (Å²) in [6.45, 7) is 0.830. The topological polar surface area (TPSA) is 79.1 Å². The van der Waals surface area contributed by atoms with E-state index in [1.165, 1.54) is 6.07 Å². The van der Waals surface area contributed by atoms with Gasteiger partial charge in [0.05, 0.1) is 36.5 Å². The fourth-order valence-corrected chi connectivity index (χ4v) is 5.25. The van der Waals surface area contributed by atoms with Crippen LogP contribution in [0.3, 0.4) is 0 Å². The number of fused-ring (bicyclic) bond motifs is 1. The number of aliphatic hydroxyl groups excluding tert-OH is 1. The predicted octanol–water partition coefficient (Wildman–Crippen LogP) is 3.86. The summed E-state index contributed by atoms with van der Waals surface area (Å²) in [5, 5.41) is 17.3. The van der Waals surface area contributed by atoms with Crippen molar-refractivity contribution in [2.75, 3.05) is 18.6 Å². The molecule has 2 fully saturated rings. The maximum Gasteiger partial charge on any atom is 0.255 e. The molecule has 7 nitrogen and oxygen atoms in total. The fourth-order valence-electron chi connectivity index (χ4n) is 5.25. The Morgan fingerprint density at radius 2 is 2.09 bits per heavy atom. The standard InChI is InChI=1S/C25H29FN4O3/c1-33-24-8-7-16(26)12-20(24)22-6-3-10-29(22)18-9-11-30-23(14-18)21(15-27-30)25(32)28-17-4-2-5-19(31)13-17/h7-9,11-12,14-15,17,19,22,31H,2-6,10,13H2,1H3,(H,28,32). The first-order valence-electron chi connectivity index (χ1n) is 11.6. The molecule has 1 saturated heterocycles. The normalized spacial score (nSPS) is 23.1. The number of nitrogens with one attached hydrogen (secondary N) is 1. The molecule has 1 aliphatic heterocycles. The van der Waals surface area contributed by atoms with Crippen LogP contribution in [0.15, 0.2) is 42.7 Å². The zero-order valence-corrected chi connectivity index (χ0v) is 18.7. The highest BCUT2D eigenvalue weighted by Crippen LogP contribution is 2.40. The molecular formula is C25H29FN4O3. The summed E-state index contributed by atoms with van der Waals surface area (Å²) in [6.07, 6.45) is 8.11. The van der Waals surface area contributed by atoms with E-state index < -0.39 is 0 Å². The number of hydrogen-bond acceptors (Lipinski definition) is 5. The molecule has 1 aliphatic carbocycles. The zero-order chi connectivity index (χ0) is 22.9. The van der Waals surface area contributed by atoms with Crippen molar-refractivity contribution in [3.63, 3.8) is 0 Å². The van der Waals surface area contributed by atoms with Crippen LogP contribution in [0.5, 0.6) is 5.75 Å². The summed E-state index contributed by atoms with van der Waals surface area (Å²) in [7, 11) is 1.60. The number of aliphatic hydroxyl groups is 1. The summed E-state index contributed by atoms with van der Waals surface area (Å²) in [5.74, 6) is 0.218. The van der Waals surface area contributed by atoms with Gasteiger partial charge in [-0.1, -0.05) is 0 Å². The average Bonchev–Trinajstić information content (AvgIpc) is 3.46. The highest BCUT2D eigenvalue weighted by atomic mass is 19.1. The number of ether oxygens (including phenoxy) is 1. The number of benzene rings is 1. The van der Waals surface area contributed by atoms with Crippen molar-refractivity contribution in [3.8, 4) is 5.75 Å². The van der Waals surface area contributed by atoms with Crippen molar-refractivity contribution in [1.82, 2.24) is 14.9 Å². The minimum absolute atomic E-state index is 0.0120. The number of anilines is 1. The number of carbonyl (C=O) groups excluding carboxylic acids is 1. The highest BCUT2D eigenvalue weighted by Gasteiger charge is 2.30. The van der Waals surface area contributed by atoms with Gasteiger partial charge in [-0.3, -0.25) is 4.79 Å². The Hall–Kier alpha value is -3.13. The Morgan fingerprint density at radius 1 is 1.21 bits per heavy atom. The van der Waals surface area contributed by atoms with Crippen LogP contribution in [-0.2, 0) is 0 Å². The van der Waals surface area contributed by atoms with E-state index in [0.717, 1.165) is 55.4 Å². The number of aromatic nitrogens is 2. The van der Waals surface area contributed by atoms with Crippen LogP contribution in [0.1, 0.15) is 60.5 Å². The predicted molar refractivity (Wildman–Crippen MR) is 123 cm³/mol. The summed E-state index contributed by atoms with van der Waals surface area (Å²) in [4.78, 5) is 15.3. The van der Waals surface area contributed by atoms with Gasteiger partial charge in [-0.25, -0.2) is 8.91 Å². The van der Waals surface area contributed by atoms with E-state index in [1.807, 2.05) is 18.3 Å². The molecule has 2 N–H and O–H groups in total. The third kappa shape index (κ3) is 4.27. The van der Waals surface area contributed by atoms with Crippen LogP contribution >= 0.6 is 0 Å². The van der Waals surface area contributed by atoms with Gasteiger partial charge in [-0.05, 0) is 68.9 Å². The van der Waals surface area contributed by atoms with Gasteiger partial charge in [0.25, 0.3) is 5.91 Å². The minimum Gasteiger partial charge on any atom is -0.496 e.